The van der Waals surface area contributed by atoms with Crippen molar-refractivity contribution in [3.63, 3.8) is 0 Å². The van der Waals surface area contributed by atoms with Gasteiger partial charge in [-0.25, -0.2) is 4.98 Å². The molecule has 0 fully saturated rings. The van der Waals surface area contributed by atoms with E-state index in [1.54, 1.807) is 11.3 Å². The molecular formula is C10H9NS2. The first-order valence-corrected chi connectivity index (χ1v) is 5.42. The fourth-order valence-electron chi connectivity index (χ4n) is 1.21. The third kappa shape index (κ3) is 1.62. The van der Waals surface area contributed by atoms with Crippen LogP contribution in [0.2, 0.25) is 0 Å². The number of aryl methyl sites for hydroxylation is 1. The summed E-state index contributed by atoms with van der Waals surface area (Å²) in [6.45, 7) is 2.10. The Labute approximate surface area is 86.1 Å². The third-order valence-corrected chi connectivity index (χ3v) is 3.37. The second-order valence-corrected chi connectivity index (χ2v) is 4.52. The van der Waals surface area contributed by atoms with Gasteiger partial charge in [0.2, 0.25) is 0 Å². The molecule has 0 N–H and O–H groups in total. The highest BCUT2D eigenvalue weighted by atomic mass is 32.1. The number of nitrogens with zero attached hydrogens (tertiary/aromatic N) is 1. The molecule has 0 aliphatic heterocycles. The first kappa shape index (κ1) is 8.78. The van der Waals surface area contributed by atoms with Gasteiger partial charge in [0.1, 0.15) is 3.82 Å². The summed E-state index contributed by atoms with van der Waals surface area (Å²) in [5.74, 6) is 0. The van der Waals surface area contributed by atoms with E-state index in [2.05, 4.69) is 11.9 Å². The van der Waals surface area contributed by atoms with Gasteiger partial charge < -0.3 is 0 Å². The van der Waals surface area contributed by atoms with E-state index in [4.69, 9.17) is 12.2 Å². The minimum absolute atomic E-state index is 0.947. The summed E-state index contributed by atoms with van der Waals surface area (Å²) in [6.07, 6.45) is 0.957. The molecule has 1 heterocycles. The Morgan fingerprint density at radius 3 is 2.92 bits per heavy atom. The summed E-state index contributed by atoms with van der Waals surface area (Å²) in [4.78, 5) is 4.51. The molecule has 3 heteroatoms. The number of rotatable bonds is 1. The number of fused-ring (bicyclic) bond motifs is 1. The van der Waals surface area contributed by atoms with Gasteiger partial charge in [-0.05, 0) is 12.5 Å². The molecule has 0 aliphatic carbocycles. The van der Waals surface area contributed by atoms with Crippen LogP contribution in [0.25, 0.3) is 10.9 Å². The zero-order valence-electron chi connectivity index (χ0n) is 7.28. The van der Waals surface area contributed by atoms with E-state index in [1.165, 1.54) is 0 Å². The molecule has 2 rings (SSSR count). The molecule has 0 saturated carbocycles. The van der Waals surface area contributed by atoms with E-state index in [-0.39, 0.29) is 0 Å². The highest BCUT2D eigenvalue weighted by Crippen LogP contribution is 2.18. The number of aromatic nitrogens is 1. The van der Waals surface area contributed by atoms with Crippen LogP contribution >= 0.6 is 23.6 Å². The molecule has 66 valence electrons. The molecule has 0 saturated heterocycles. The van der Waals surface area contributed by atoms with Gasteiger partial charge in [-0.15, -0.1) is 11.3 Å². The number of hydrogen-bond acceptors (Lipinski definition) is 3. The zero-order chi connectivity index (χ0) is 9.26. The molecule has 13 heavy (non-hydrogen) atoms. The average Bonchev–Trinajstić information content (AvgIpc) is 2.18. The number of para-hydroxylation sites is 1. The zero-order valence-corrected chi connectivity index (χ0v) is 8.91. The third-order valence-electron chi connectivity index (χ3n) is 1.88. The molecule has 0 aliphatic rings. The van der Waals surface area contributed by atoms with Gasteiger partial charge in [-0.3, -0.25) is 0 Å². The van der Waals surface area contributed by atoms with Crippen LogP contribution < -0.4 is 0 Å². The summed E-state index contributed by atoms with van der Waals surface area (Å²) in [5.41, 5.74) is 1.02. The van der Waals surface area contributed by atoms with E-state index in [0.29, 0.717) is 0 Å². The average molecular weight is 207 g/mol. The van der Waals surface area contributed by atoms with Crippen LogP contribution in [-0.2, 0) is 6.42 Å². The monoisotopic (exact) mass is 207 g/mol. The molecule has 0 atom stereocenters. The van der Waals surface area contributed by atoms with Crippen LogP contribution in [0, 0.1) is 3.82 Å². The van der Waals surface area contributed by atoms with Crippen molar-refractivity contribution >= 4 is 34.5 Å². The highest BCUT2D eigenvalue weighted by Gasteiger charge is 1.98. The van der Waals surface area contributed by atoms with Crippen LogP contribution in [0.4, 0.5) is 0 Å². The molecule has 0 spiro atoms. The van der Waals surface area contributed by atoms with Crippen molar-refractivity contribution in [1.82, 2.24) is 4.98 Å². The Hall–Kier alpha value is -0.800. The maximum atomic E-state index is 5.29. The summed E-state index contributed by atoms with van der Waals surface area (Å²) >= 11 is 6.90. The van der Waals surface area contributed by atoms with Crippen LogP contribution in [0.1, 0.15) is 11.9 Å². The fourth-order valence-corrected chi connectivity index (χ4v) is 2.46. The highest BCUT2D eigenvalue weighted by molar-refractivity contribution is 7.73. The Balaban J connectivity index is 2.85. The van der Waals surface area contributed by atoms with Crippen molar-refractivity contribution in [2.45, 2.75) is 13.3 Å². The molecule has 2 aromatic rings. The fraction of sp³-hybridized carbons (Fsp3) is 0.200. The summed E-state index contributed by atoms with van der Waals surface area (Å²) in [7, 11) is 0. The second-order valence-electron chi connectivity index (χ2n) is 2.77. The Bertz CT molecular complexity index is 487. The molecule has 1 nitrogen and oxygen atoms in total. The summed E-state index contributed by atoms with van der Waals surface area (Å²) < 4.78 is 0.947. The largest absolute Gasteiger partial charge is 0.242 e. The first-order valence-electron chi connectivity index (χ1n) is 4.20. The van der Waals surface area contributed by atoms with Crippen molar-refractivity contribution in [3.8, 4) is 0 Å². The maximum Gasteiger partial charge on any atom is 0.101 e. The molecule has 0 unspecified atom stereocenters. The normalized spacial score (nSPS) is 10.5. The lowest BCUT2D eigenvalue weighted by Crippen LogP contribution is -1.84. The standard InChI is InChI=1S/C10H9NS2/c1-2-9-11-8-6-4-3-5-7(8)10(12)13-9/h3-6H,2H2,1H3. The molecular weight excluding hydrogens is 198 g/mol. The predicted molar refractivity (Wildman–Crippen MR) is 59.8 cm³/mol. The minimum atomic E-state index is 0.947. The molecule has 0 radical (unpaired) electrons. The molecule has 1 aromatic carbocycles. The Morgan fingerprint density at radius 1 is 1.38 bits per heavy atom. The van der Waals surface area contributed by atoms with Crippen LogP contribution in [0.3, 0.4) is 0 Å². The van der Waals surface area contributed by atoms with E-state index in [0.717, 1.165) is 26.2 Å². The topological polar surface area (TPSA) is 12.9 Å². The van der Waals surface area contributed by atoms with E-state index in [1.807, 2.05) is 24.3 Å². The van der Waals surface area contributed by atoms with Crippen LogP contribution in [0.5, 0.6) is 0 Å². The smallest absolute Gasteiger partial charge is 0.101 e. The van der Waals surface area contributed by atoms with E-state index in [9.17, 15) is 0 Å². The first-order chi connectivity index (χ1) is 6.31. The van der Waals surface area contributed by atoms with Gasteiger partial charge in [-0.1, -0.05) is 37.3 Å². The lowest BCUT2D eigenvalue weighted by Gasteiger charge is -1.98. The SMILES string of the molecule is CCc1nc2ccccc2c(=S)s1. The van der Waals surface area contributed by atoms with Gasteiger partial charge >= 0.3 is 0 Å². The van der Waals surface area contributed by atoms with E-state index < -0.39 is 0 Å². The van der Waals surface area contributed by atoms with Gasteiger partial charge in [-0.2, -0.15) is 0 Å². The maximum absolute atomic E-state index is 5.29. The van der Waals surface area contributed by atoms with Crippen molar-refractivity contribution in [2.24, 2.45) is 0 Å². The minimum Gasteiger partial charge on any atom is -0.242 e. The quantitative estimate of drug-likeness (QED) is 0.663. The molecule has 1 aromatic heterocycles. The summed E-state index contributed by atoms with van der Waals surface area (Å²) in [5, 5.41) is 2.21. The van der Waals surface area contributed by atoms with Gasteiger partial charge in [0.05, 0.1) is 10.5 Å². The van der Waals surface area contributed by atoms with Gasteiger partial charge in [0.25, 0.3) is 0 Å². The van der Waals surface area contributed by atoms with Gasteiger partial charge in [0, 0.05) is 5.39 Å². The van der Waals surface area contributed by atoms with Crippen molar-refractivity contribution in [2.75, 3.05) is 0 Å². The Morgan fingerprint density at radius 2 is 2.15 bits per heavy atom. The Kier molecular flexibility index (Phi) is 2.38. The van der Waals surface area contributed by atoms with Crippen LogP contribution in [-0.4, -0.2) is 4.98 Å². The van der Waals surface area contributed by atoms with Crippen molar-refractivity contribution in [3.05, 3.63) is 33.1 Å². The molecule has 0 bridgehead atoms. The van der Waals surface area contributed by atoms with Gasteiger partial charge in [0.15, 0.2) is 0 Å². The lowest BCUT2D eigenvalue weighted by atomic mass is 10.3. The summed E-state index contributed by atoms with van der Waals surface area (Å²) in [6, 6.07) is 8.03. The predicted octanol–water partition coefficient (Wildman–Crippen LogP) is 3.59. The van der Waals surface area contributed by atoms with Crippen molar-refractivity contribution in [1.29, 1.82) is 0 Å². The van der Waals surface area contributed by atoms with Crippen molar-refractivity contribution < 1.29 is 0 Å². The molecule has 0 amide bonds. The number of hydrogen-bond donors (Lipinski definition) is 0. The second kappa shape index (κ2) is 3.52. The van der Waals surface area contributed by atoms with Crippen LogP contribution in [0.15, 0.2) is 24.3 Å². The number of benzene rings is 1. The van der Waals surface area contributed by atoms with E-state index >= 15 is 0 Å². The lowest BCUT2D eigenvalue weighted by molar-refractivity contribution is 1.10.